The van der Waals surface area contributed by atoms with Crippen LogP contribution in [-0.2, 0) is 24.4 Å². The molecule has 2 heterocycles. The summed E-state index contributed by atoms with van der Waals surface area (Å²) in [4.78, 5) is 4.30. The second-order valence-electron chi connectivity index (χ2n) is 5.05. The summed E-state index contributed by atoms with van der Waals surface area (Å²) in [6.07, 6.45) is 1.82. The zero-order valence-electron chi connectivity index (χ0n) is 12.7. The lowest BCUT2D eigenvalue weighted by Crippen LogP contribution is -2.13. The van der Waals surface area contributed by atoms with Crippen LogP contribution in [-0.4, -0.2) is 18.4 Å². The lowest BCUT2D eigenvalue weighted by atomic mass is 10.1. The number of fused-ring (bicyclic) bond motifs is 1. The summed E-state index contributed by atoms with van der Waals surface area (Å²) in [7, 11) is 0. The fourth-order valence-corrected chi connectivity index (χ4v) is 2.40. The average Bonchev–Trinajstić information content (AvgIpc) is 3.03. The van der Waals surface area contributed by atoms with E-state index in [1.807, 2.05) is 37.4 Å². The molecule has 2 aromatic rings. The van der Waals surface area contributed by atoms with Crippen LogP contribution in [0.3, 0.4) is 0 Å². The number of rotatable bonds is 7. The summed E-state index contributed by atoms with van der Waals surface area (Å²) in [6.45, 7) is 5.04. The molecule has 5 heteroatoms. The van der Waals surface area contributed by atoms with Crippen molar-refractivity contribution in [1.82, 2.24) is 10.3 Å². The SMILES string of the molecule is CCOCc1cc(CNCc2cccc3c2OCO3)ccn1. The van der Waals surface area contributed by atoms with E-state index >= 15 is 0 Å². The first-order chi connectivity index (χ1) is 10.9. The molecule has 0 spiro atoms. The summed E-state index contributed by atoms with van der Waals surface area (Å²) in [5, 5.41) is 3.43. The Hall–Kier alpha value is -2.11. The van der Waals surface area contributed by atoms with Crippen LogP contribution in [0.4, 0.5) is 0 Å². The van der Waals surface area contributed by atoms with Gasteiger partial charge in [-0.15, -0.1) is 0 Å². The maximum absolute atomic E-state index is 5.51. The smallest absolute Gasteiger partial charge is 0.231 e. The van der Waals surface area contributed by atoms with Crippen molar-refractivity contribution >= 4 is 0 Å². The number of ether oxygens (including phenoxy) is 3. The number of benzene rings is 1. The molecule has 3 rings (SSSR count). The minimum atomic E-state index is 0.303. The monoisotopic (exact) mass is 300 g/mol. The van der Waals surface area contributed by atoms with Crippen molar-refractivity contribution in [2.45, 2.75) is 26.6 Å². The van der Waals surface area contributed by atoms with Crippen molar-refractivity contribution in [2.24, 2.45) is 0 Å². The zero-order chi connectivity index (χ0) is 15.2. The zero-order valence-corrected chi connectivity index (χ0v) is 12.7. The summed E-state index contributed by atoms with van der Waals surface area (Å²) >= 11 is 0. The standard InChI is InChI=1S/C17H20N2O3/c1-2-20-11-15-8-13(6-7-19-15)9-18-10-14-4-3-5-16-17(14)22-12-21-16/h3-8,18H,2,9-12H2,1H3. The molecule has 1 aromatic heterocycles. The van der Waals surface area contributed by atoms with Gasteiger partial charge in [0.25, 0.3) is 0 Å². The van der Waals surface area contributed by atoms with E-state index < -0.39 is 0 Å². The molecule has 0 bridgehead atoms. The molecule has 0 unspecified atom stereocenters. The van der Waals surface area contributed by atoms with Gasteiger partial charge in [-0.05, 0) is 30.7 Å². The Morgan fingerprint density at radius 3 is 3.09 bits per heavy atom. The van der Waals surface area contributed by atoms with Crippen LogP contribution < -0.4 is 14.8 Å². The molecule has 1 aliphatic heterocycles. The van der Waals surface area contributed by atoms with E-state index in [0.29, 0.717) is 20.0 Å². The molecule has 22 heavy (non-hydrogen) atoms. The van der Waals surface area contributed by atoms with Gasteiger partial charge in [0.2, 0.25) is 6.79 Å². The number of nitrogens with zero attached hydrogens (tertiary/aromatic N) is 1. The van der Waals surface area contributed by atoms with Crippen LogP contribution in [0.2, 0.25) is 0 Å². The fourth-order valence-electron chi connectivity index (χ4n) is 2.40. The Kier molecular flexibility index (Phi) is 4.88. The lowest BCUT2D eigenvalue weighted by molar-refractivity contribution is 0.131. The maximum atomic E-state index is 5.51. The number of nitrogens with one attached hydrogen (secondary N) is 1. The van der Waals surface area contributed by atoms with E-state index in [4.69, 9.17) is 14.2 Å². The molecule has 5 nitrogen and oxygen atoms in total. The largest absolute Gasteiger partial charge is 0.454 e. The molecule has 0 radical (unpaired) electrons. The summed E-state index contributed by atoms with van der Waals surface area (Å²) in [5.74, 6) is 1.67. The molecular formula is C17H20N2O3. The van der Waals surface area contributed by atoms with Gasteiger partial charge >= 0.3 is 0 Å². The van der Waals surface area contributed by atoms with E-state index in [9.17, 15) is 0 Å². The van der Waals surface area contributed by atoms with Crippen molar-refractivity contribution in [3.8, 4) is 11.5 Å². The van der Waals surface area contributed by atoms with Gasteiger partial charge < -0.3 is 19.5 Å². The number of aromatic nitrogens is 1. The molecule has 0 saturated carbocycles. The highest BCUT2D eigenvalue weighted by atomic mass is 16.7. The Labute approximate surface area is 130 Å². The van der Waals surface area contributed by atoms with Crippen molar-refractivity contribution in [3.05, 3.63) is 53.3 Å². The van der Waals surface area contributed by atoms with Crippen molar-refractivity contribution in [3.63, 3.8) is 0 Å². The van der Waals surface area contributed by atoms with Crippen LogP contribution in [0.1, 0.15) is 23.7 Å². The van der Waals surface area contributed by atoms with Crippen molar-refractivity contribution < 1.29 is 14.2 Å². The van der Waals surface area contributed by atoms with Gasteiger partial charge in [0, 0.05) is 31.5 Å². The van der Waals surface area contributed by atoms with Gasteiger partial charge in [0.1, 0.15) is 0 Å². The molecule has 0 fully saturated rings. The first-order valence-corrected chi connectivity index (χ1v) is 7.46. The molecule has 1 N–H and O–H groups in total. The Bertz CT molecular complexity index is 631. The third-order valence-electron chi connectivity index (χ3n) is 3.46. The number of para-hydroxylation sites is 1. The van der Waals surface area contributed by atoms with Crippen LogP contribution in [0.25, 0.3) is 0 Å². The van der Waals surface area contributed by atoms with E-state index in [1.54, 1.807) is 0 Å². The normalized spacial score (nSPS) is 12.6. The maximum Gasteiger partial charge on any atom is 0.231 e. The summed E-state index contributed by atoms with van der Waals surface area (Å²) in [6, 6.07) is 10.0. The number of hydrogen-bond acceptors (Lipinski definition) is 5. The minimum Gasteiger partial charge on any atom is -0.454 e. The average molecular weight is 300 g/mol. The predicted octanol–water partition coefficient (Wildman–Crippen LogP) is 2.64. The molecule has 1 aliphatic rings. The van der Waals surface area contributed by atoms with Gasteiger partial charge in [-0.2, -0.15) is 0 Å². The Balaban J connectivity index is 1.56. The van der Waals surface area contributed by atoms with E-state index in [0.717, 1.165) is 35.8 Å². The van der Waals surface area contributed by atoms with Crippen LogP contribution in [0, 0.1) is 0 Å². The highest BCUT2D eigenvalue weighted by molar-refractivity contribution is 5.48. The first kappa shape index (κ1) is 14.8. The van der Waals surface area contributed by atoms with Gasteiger partial charge in [0.15, 0.2) is 11.5 Å². The highest BCUT2D eigenvalue weighted by Crippen LogP contribution is 2.35. The second-order valence-corrected chi connectivity index (χ2v) is 5.05. The molecule has 0 amide bonds. The third-order valence-corrected chi connectivity index (χ3v) is 3.46. The topological polar surface area (TPSA) is 52.6 Å². The Morgan fingerprint density at radius 1 is 1.23 bits per heavy atom. The Morgan fingerprint density at radius 2 is 2.18 bits per heavy atom. The summed E-state index contributed by atoms with van der Waals surface area (Å²) in [5.41, 5.74) is 3.26. The van der Waals surface area contributed by atoms with Gasteiger partial charge in [-0.25, -0.2) is 0 Å². The summed E-state index contributed by atoms with van der Waals surface area (Å²) < 4.78 is 16.3. The highest BCUT2D eigenvalue weighted by Gasteiger charge is 2.16. The molecule has 0 atom stereocenters. The van der Waals surface area contributed by atoms with E-state index in [2.05, 4.69) is 16.4 Å². The van der Waals surface area contributed by atoms with Gasteiger partial charge in [0.05, 0.1) is 12.3 Å². The lowest BCUT2D eigenvalue weighted by Gasteiger charge is -2.09. The van der Waals surface area contributed by atoms with Gasteiger partial charge in [-0.3, -0.25) is 4.98 Å². The van der Waals surface area contributed by atoms with E-state index in [1.165, 1.54) is 5.56 Å². The third kappa shape index (κ3) is 3.55. The fraction of sp³-hybridized carbons (Fsp3) is 0.353. The predicted molar refractivity (Wildman–Crippen MR) is 82.7 cm³/mol. The van der Waals surface area contributed by atoms with Crippen molar-refractivity contribution in [2.75, 3.05) is 13.4 Å². The van der Waals surface area contributed by atoms with E-state index in [-0.39, 0.29) is 0 Å². The second kappa shape index (κ2) is 7.24. The molecule has 0 aliphatic carbocycles. The van der Waals surface area contributed by atoms with Gasteiger partial charge in [-0.1, -0.05) is 12.1 Å². The van der Waals surface area contributed by atoms with Crippen molar-refractivity contribution in [1.29, 1.82) is 0 Å². The number of pyridine rings is 1. The molecule has 1 aromatic carbocycles. The minimum absolute atomic E-state index is 0.303. The van der Waals surface area contributed by atoms with Crippen LogP contribution >= 0.6 is 0 Å². The first-order valence-electron chi connectivity index (χ1n) is 7.46. The molecular weight excluding hydrogens is 280 g/mol. The molecule has 0 saturated heterocycles. The molecule has 116 valence electrons. The number of hydrogen-bond donors (Lipinski definition) is 1. The van der Waals surface area contributed by atoms with Crippen LogP contribution in [0.5, 0.6) is 11.5 Å². The quantitative estimate of drug-likeness (QED) is 0.852. The van der Waals surface area contributed by atoms with Crippen LogP contribution in [0.15, 0.2) is 36.5 Å².